The quantitative estimate of drug-likeness (QED) is 0.671. The molecule has 2 rings (SSSR count). The van der Waals surface area contributed by atoms with E-state index in [1.807, 2.05) is 13.1 Å². The van der Waals surface area contributed by atoms with Crippen LogP contribution in [0.15, 0.2) is 18.2 Å². The van der Waals surface area contributed by atoms with E-state index in [-0.39, 0.29) is 5.97 Å². The Labute approximate surface area is 120 Å². The van der Waals surface area contributed by atoms with E-state index in [1.54, 1.807) is 12.1 Å². The fraction of sp³-hybridized carbons (Fsp3) is 0.533. The van der Waals surface area contributed by atoms with Crippen LogP contribution in [-0.4, -0.2) is 51.2 Å². The molecule has 0 atom stereocenters. The minimum atomic E-state index is -0.341. The van der Waals surface area contributed by atoms with Crippen LogP contribution in [0.3, 0.4) is 0 Å². The molecule has 0 bridgehead atoms. The standard InChI is InChI=1S/C15H23N3O2/c1-17-9-7-11(8-10-17)18(2)14-12(15(19)20-3)5-4-6-13(14)16/h4-6,11H,7-10,16H2,1-3H3. The molecule has 1 aliphatic rings. The molecule has 0 radical (unpaired) electrons. The van der Waals surface area contributed by atoms with Crippen molar-refractivity contribution in [2.75, 3.05) is 44.9 Å². The number of esters is 1. The van der Waals surface area contributed by atoms with E-state index in [9.17, 15) is 4.79 Å². The van der Waals surface area contributed by atoms with Gasteiger partial charge in [-0.15, -0.1) is 0 Å². The third-order valence-electron chi connectivity index (χ3n) is 4.06. The number of likely N-dealkylation sites (tertiary alicyclic amines) is 1. The van der Waals surface area contributed by atoms with Crippen molar-refractivity contribution in [2.24, 2.45) is 0 Å². The second kappa shape index (κ2) is 6.13. The van der Waals surface area contributed by atoms with E-state index >= 15 is 0 Å². The second-order valence-electron chi connectivity index (χ2n) is 5.38. The third kappa shape index (κ3) is 2.88. The molecule has 0 unspecified atom stereocenters. The van der Waals surface area contributed by atoms with E-state index in [0.29, 0.717) is 17.3 Å². The van der Waals surface area contributed by atoms with Crippen LogP contribution in [0, 0.1) is 0 Å². The normalized spacial score (nSPS) is 16.9. The number of nitrogens with zero attached hydrogens (tertiary/aromatic N) is 2. The van der Waals surface area contributed by atoms with Gasteiger partial charge in [0.05, 0.1) is 24.0 Å². The highest BCUT2D eigenvalue weighted by atomic mass is 16.5. The molecule has 2 N–H and O–H groups in total. The molecule has 0 aliphatic carbocycles. The number of carbonyl (C=O) groups is 1. The average molecular weight is 277 g/mol. The summed E-state index contributed by atoms with van der Waals surface area (Å²) in [6.45, 7) is 2.13. The van der Waals surface area contributed by atoms with Crippen molar-refractivity contribution >= 4 is 17.3 Å². The predicted octanol–water partition coefficient (Wildman–Crippen LogP) is 1.59. The molecule has 1 aromatic carbocycles. The number of benzene rings is 1. The number of ether oxygens (including phenoxy) is 1. The lowest BCUT2D eigenvalue weighted by molar-refractivity contribution is 0.0601. The number of nitrogen functional groups attached to an aromatic ring is 1. The van der Waals surface area contributed by atoms with Gasteiger partial charge in [-0.05, 0) is 45.1 Å². The first-order valence-corrected chi connectivity index (χ1v) is 6.92. The van der Waals surface area contributed by atoms with Crippen molar-refractivity contribution in [1.82, 2.24) is 4.90 Å². The number of methoxy groups -OCH3 is 1. The number of hydrogen-bond donors (Lipinski definition) is 1. The van der Waals surface area contributed by atoms with Gasteiger partial charge >= 0.3 is 5.97 Å². The molecule has 0 saturated carbocycles. The van der Waals surface area contributed by atoms with Gasteiger partial charge < -0.3 is 20.3 Å². The molecule has 0 aromatic heterocycles. The molecule has 0 spiro atoms. The monoisotopic (exact) mass is 277 g/mol. The fourth-order valence-electron chi connectivity index (χ4n) is 2.79. The van der Waals surface area contributed by atoms with Crippen LogP contribution >= 0.6 is 0 Å². The van der Waals surface area contributed by atoms with Crippen LogP contribution in [0.5, 0.6) is 0 Å². The van der Waals surface area contributed by atoms with Gasteiger partial charge in [0.25, 0.3) is 0 Å². The summed E-state index contributed by atoms with van der Waals surface area (Å²) in [5.74, 6) is -0.341. The highest BCUT2D eigenvalue weighted by Gasteiger charge is 2.25. The van der Waals surface area contributed by atoms with Crippen LogP contribution in [-0.2, 0) is 4.74 Å². The number of para-hydroxylation sites is 1. The summed E-state index contributed by atoms with van der Waals surface area (Å²) in [6.07, 6.45) is 2.14. The SMILES string of the molecule is COC(=O)c1cccc(N)c1N(C)C1CCN(C)CC1. The summed E-state index contributed by atoms with van der Waals surface area (Å²) >= 11 is 0. The number of nitrogens with two attached hydrogens (primary N) is 1. The molecular formula is C15H23N3O2. The van der Waals surface area contributed by atoms with Gasteiger partial charge in [0.1, 0.15) is 0 Å². The van der Waals surface area contributed by atoms with Gasteiger partial charge in [0.2, 0.25) is 0 Å². The van der Waals surface area contributed by atoms with Crippen molar-refractivity contribution in [2.45, 2.75) is 18.9 Å². The maximum Gasteiger partial charge on any atom is 0.340 e. The molecule has 1 aliphatic heterocycles. The molecule has 20 heavy (non-hydrogen) atoms. The number of hydrogen-bond acceptors (Lipinski definition) is 5. The zero-order valence-corrected chi connectivity index (χ0v) is 12.4. The van der Waals surface area contributed by atoms with Gasteiger partial charge in [-0.1, -0.05) is 6.07 Å². The number of rotatable bonds is 3. The molecule has 1 aromatic rings. The average Bonchev–Trinajstić information content (AvgIpc) is 2.46. The van der Waals surface area contributed by atoms with Crippen LogP contribution in [0.1, 0.15) is 23.2 Å². The first-order chi connectivity index (χ1) is 9.54. The van der Waals surface area contributed by atoms with E-state index in [1.165, 1.54) is 7.11 Å². The molecular weight excluding hydrogens is 254 g/mol. The van der Waals surface area contributed by atoms with Gasteiger partial charge in [-0.25, -0.2) is 4.79 Å². The largest absolute Gasteiger partial charge is 0.465 e. The highest BCUT2D eigenvalue weighted by Crippen LogP contribution is 2.31. The maximum absolute atomic E-state index is 11.9. The summed E-state index contributed by atoms with van der Waals surface area (Å²) in [5.41, 5.74) is 8.03. The minimum Gasteiger partial charge on any atom is -0.465 e. The predicted molar refractivity (Wildman–Crippen MR) is 81.1 cm³/mol. The van der Waals surface area contributed by atoms with E-state index < -0.39 is 0 Å². The third-order valence-corrected chi connectivity index (χ3v) is 4.06. The smallest absolute Gasteiger partial charge is 0.340 e. The van der Waals surface area contributed by atoms with Gasteiger partial charge in [0, 0.05) is 13.1 Å². The Kier molecular flexibility index (Phi) is 4.49. The van der Waals surface area contributed by atoms with Crippen LogP contribution in [0.4, 0.5) is 11.4 Å². The van der Waals surface area contributed by atoms with Crippen LogP contribution in [0.25, 0.3) is 0 Å². The van der Waals surface area contributed by atoms with Crippen molar-refractivity contribution in [3.8, 4) is 0 Å². The molecule has 1 fully saturated rings. The van der Waals surface area contributed by atoms with Gasteiger partial charge in [-0.2, -0.15) is 0 Å². The second-order valence-corrected chi connectivity index (χ2v) is 5.38. The Balaban J connectivity index is 2.29. The van der Waals surface area contributed by atoms with Crippen molar-refractivity contribution < 1.29 is 9.53 Å². The highest BCUT2D eigenvalue weighted by molar-refractivity contribution is 5.99. The topological polar surface area (TPSA) is 58.8 Å². The zero-order chi connectivity index (χ0) is 14.7. The lowest BCUT2D eigenvalue weighted by Crippen LogP contribution is -2.42. The van der Waals surface area contributed by atoms with Gasteiger partial charge in [-0.3, -0.25) is 0 Å². The molecule has 1 heterocycles. The van der Waals surface area contributed by atoms with Crippen LogP contribution < -0.4 is 10.6 Å². The first-order valence-electron chi connectivity index (χ1n) is 6.92. The summed E-state index contributed by atoms with van der Waals surface area (Å²) in [4.78, 5) is 16.4. The summed E-state index contributed by atoms with van der Waals surface area (Å²) in [7, 11) is 5.53. The van der Waals surface area contributed by atoms with E-state index in [4.69, 9.17) is 10.5 Å². The Morgan fingerprint density at radius 2 is 2.05 bits per heavy atom. The maximum atomic E-state index is 11.9. The Bertz CT molecular complexity index is 482. The zero-order valence-electron chi connectivity index (χ0n) is 12.4. The van der Waals surface area contributed by atoms with E-state index in [2.05, 4.69) is 16.8 Å². The molecule has 0 amide bonds. The summed E-state index contributed by atoms with van der Waals surface area (Å²) in [6, 6.07) is 5.78. The summed E-state index contributed by atoms with van der Waals surface area (Å²) in [5, 5.41) is 0. The van der Waals surface area contributed by atoms with Crippen molar-refractivity contribution in [3.05, 3.63) is 23.8 Å². The minimum absolute atomic E-state index is 0.341. The molecule has 110 valence electrons. The lowest BCUT2D eigenvalue weighted by Gasteiger charge is -2.37. The van der Waals surface area contributed by atoms with E-state index in [0.717, 1.165) is 31.6 Å². The van der Waals surface area contributed by atoms with Crippen molar-refractivity contribution in [3.63, 3.8) is 0 Å². The number of piperidine rings is 1. The lowest BCUT2D eigenvalue weighted by atomic mass is 10.0. The first kappa shape index (κ1) is 14.7. The van der Waals surface area contributed by atoms with Crippen LogP contribution in [0.2, 0.25) is 0 Å². The molecule has 1 saturated heterocycles. The number of anilines is 2. The molecule has 5 heteroatoms. The fourth-order valence-corrected chi connectivity index (χ4v) is 2.79. The Morgan fingerprint density at radius 1 is 1.40 bits per heavy atom. The Morgan fingerprint density at radius 3 is 2.65 bits per heavy atom. The number of carbonyl (C=O) groups excluding carboxylic acids is 1. The van der Waals surface area contributed by atoms with Crippen molar-refractivity contribution in [1.29, 1.82) is 0 Å². The Hall–Kier alpha value is -1.75. The summed E-state index contributed by atoms with van der Waals surface area (Å²) < 4.78 is 4.86. The van der Waals surface area contributed by atoms with Gasteiger partial charge in [0.15, 0.2) is 0 Å². The molecule has 5 nitrogen and oxygen atoms in total.